The van der Waals surface area contributed by atoms with Crippen LogP contribution in [0, 0.1) is 0 Å². The maximum absolute atomic E-state index is 13.3. The van der Waals surface area contributed by atoms with Gasteiger partial charge in [-0.25, -0.2) is 0 Å². The SMILES string of the molecule is FC(F)(F)c1cc(-c2ccc(-c3cccc(-c4ccc(-c5cc(C(F)(F)F)cc(C(F)(F)F)c5)cc4)c3)cc2)cc(C(F)(F)F)c1. The fraction of sp³-hybridized carbons (Fsp3) is 0.118. The highest BCUT2D eigenvalue weighted by Gasteiger charge is 2.38. The second-order valence-electron chi connectivity index (χ2n) is 10.3. The molecule has 5 rings (SSSR count). The summed E-state index contributed by atoms with van der Waals surface area (Å²) in [4.78, 5) is 0. The van der Waals surface area contributed by atoms with E-state index in [0.29, 0.717) is 46.5 Å². The number of halogens is 12. The zero-order valence-electron chi connectivity index (χ0n) is 22.9. The molecule has 5 aromatic carbocycles. The summed E-state index contributed by atoms with van der Waals surface area (Å²) in [5.74, 6) is 0. The zero-order chi connectivity index (χ0) is 33.7. The molecule has 0 nitrogen and oxygen atoms in total. The normalized spacial score (nSPS) is 12.8. The Labute approximate surface area is 253 Å². The van der Waals surface area contributed by atoms with Crippen molar-refractivity contribution in [2.24, 2.45) is 0 Å². The van der Waals surface area contributed by atoms with Gasteiger partial charge in [-0.1, -0.05) is 66.7 Å². The van der Waals surface area contributed by atoms with Gasteiger partial charge >= 0.3 is 24.7 Å². The van der Waals surface area contributed by atoms with Crippen molar-refractivity contribution in [2.75, 3.05) is 0 Å². The summed E-state index contributed by atoms with van der Waals surface area (Å²) in [7, 11) is 0. The zero-order valence-corrected chi connectivity index (χ0v) is 22.9. The molecule has 0 aliphatic rings. The molecule has 0 heterocycles. The van der Waals surface area contributed by atoms with Gasteiger partial charge in [-0.2, -0.15) is 52.7 Å². The molecule has 12 heteroatoms. The first-order chi connectivity index (χ1) is 21.3. The molecule has 0 spiro atoms. The standard InChI is InChI=1S/C34H18F12/c35-31(36,37)27-13-25(14-28(17-27)32(38,39)40)21-8-4-19(5-9-21)23-2-1-3-24(12-23)20-6-10-22(11-7-20)26-15-29(33(41,42)43)18-30(16-26)34(44,45)46/h1-18H. The van der Waals surface area contributed by atoms with Crippen LogP contribution in [0.25, 0.3) is 44.5 Å². The van der Waals surface area contributed by atoms with E-state index in [1.165, 1.54) is 48.5 Å². The summed E-state index contributed by atoms with van der Waals surface area (Å²) in [6, 6.07) is 21.1. The predicted octanol–water partition coefficient (Wildman–Crippen LogP) is 12.4. The van der Waals surface area contributed by atoms with E-state index < -0.39 is 47.0 Å². The highest BCUT2D eigenvalue weighted by molar-refractivity contribution is 5.77. The van der Waals surface area contributed by atoms with Crippen molar-refractivity contribution in [1.82, 2.24) is 0 Å². The van der Waals surface area contributed by atoms with Gasteiger partial charge in [0, 0.05) is 0 Å². The molecule has 0 N–H and O–H groups in total. The van der Waals surface area contributed by atoms with Crippen LogP contribution < -0.4 is 0 Å². The van der Waals surface area contributed by atoms with Gasteiger partial charge in [0.1, 0.15) is 0 Å². The molecule has 0 aromatic heterocycles. The summed E-state index contributed by atoms with van der Waals surface area (Å²) >= 11 is 0. The summed E-state index contributed by atoms with van der Waals surface area (Å²) in [5.41, 5.74) is -3.64. The minimum atomic E-state index is -4.99. The average molecular weight is 654 g/mol. The first kappa shape index (κ1) is 32.6. The van der Waals surface area contributed by atoms with Crippen LogP contribution in [0.5, 0.6) is 0 Å². The molecule has 0 unspecified atom stereocenters. The van der Waals surface area contributed by atoms with E-state index in [0.717, 1.165) is 0 Å². The van der Waals surface area contributed by atoms with Gasteiger partial charge in [-0.05, 0) is 87.0 Å². The second-order valence-corrected chi connectivity index (χ2v) is 10.3. The molecular weight excluding hydrogens is 636 g/mol. The van der Waals surface area contributed by atoms with Crippen LogP contribution in [0.4, 0.5) is 52.7 Å². The largest absolute Gasteiger partial charge is 0.416 e. The van der Waals surface area contributed by atoms with Crippen molar-refractivity contribution < 1.29 is 52.7 Å². The fourth-order valence-corrected chi connectivity index (χ4v) is 4.83. The monoisotopic (exact) mass is 654 g/mol. The summed E-state index contributed by atoms with van der Waals surface area (Å²) < 4.78 is 160. The Morgan fingerprint density at radius 2 is 0.478 bits per heavy atom. The third-order valence-corrected chi connectivity index (χ3v) is 7.14. The van der Waals surface area contributed by atoms with Gasteiger partial charge in [-0.15, -0.1) is 0 Å². The van der Waals surface area contributed by atoms with E-state index in [-0.39, 0.29) is 34.4 Å². The highest BCUT2D eigenvalue weighted by atomic mass is 19.4. The Morgan fingerprint density at radius 1 is 0.239 bits per heavy atom. The number of rotatable bonds is 4. The second kappa shape index (κ2) is 11.6. The van der Waals surface area contributed by atoms with Crippen LogP contribution in [0.2, 0.25) is 0 Å². The van der Waals surface area contributed by atoms with E-state index in [9.17, 15) is 52.7 Å². The molecule has 46 heavy (non-hydrogen) atoms. The molecule has 5 aromatic rings. The molecule has 238 valence electrons. The lowest BCUT2D eigenvalue weighted by molar-refractivity contribution is -0.144. The smallest absolute Gasteiger partial charge is 0.166 e. The van der Waals surface area contributed by atoms with Gasteiger partial charge < -0.3 is 0 Å². The fourth-order valence-electron chi connectivity index (χ4n) is 4.83. The van der Waals surface area contributed by atoms with E-state index in [1.54, 1.807) is 24.3 Å². The van der Waals surface area contributed by atoms with E-state index in [2.05, 4.69) is 0 Å². The molecule has 0 aliphatic carbocycles. The van der Waals surface area contributed by atoms with E-state index in [4.69, 9.17) is 0 Å². The Bertz CT molecular complexity index is 1660. The summed E-state index contributed by atoms with van der Waals surface area (Å²) in [6.07, 6.45) is -20.0. The Balaban J connectivity index is 1.44. The van der Waals surface area contributed by atoms with E-state index >= 15 is 0 Å². The maximum atomic E-state index is 13.3. The molecule has 0 fully saturated rings. The quantitative estimate of drug-likeness (QED) is 0.169. The molecular formula is C34H18F12. The lowest BCUT2D eigenvalue weighted by Gasteiger charge is -2.15. The molecule has 0 radical (unpaired) electrons. The summed E-state index contributed by atoms with van der Waals surface area (Å²) in [6.45, 7) is 0. The van der Waals surface area contributed by atoms with Crippen LogP contribution in [0.1, 0.15) is 22.3 Å². The van der Waals surface area contributed by atoms with Gasteiger partial charge in [0.05, 0.1) is 22.3 Å². The van der Waals surface area contributed by atoms with Gasteiger partial charge in [-0.3, -0.25) is 0 Å². The van der Waals surface area contributed by atoms with Gasteiger partial charge in [0.15, 0.2) is 0 Å². The average Bonchev–Trinajstić information content (AvgIpc) is 2.99. The third kappa shape index (κ3) is 7.21. The first-order valence-electron chi connectivity index (χ1n) is 13.2. The topological polar surface area (TPSA) is 0 Å². The molecule has 0 amide bonds. The van der Waals surface area contributed by atoms with Crippen molar-refractivity contribution in [3.8, 4) is 44.5 Å². The van der Waals surface area contributed by atoms with Crippen LogP contribution in [0.3, 0.4) is 0 Å². The molecule has 0 saturated heterocycles. The highest BCUT2D eigenvalue weighted by Crippen LogP contribution is 2.41. The number of benzene rings is 5. The molecule has 0 bridgehead atoms. The van der Waals surface area contributed by atoms with Gasteiger partial charge in [0.2, 0.25) is 0 Å². The van der Waals surface area contributed by atoms with E-state index in [1.807, 2.05) is 0 Å². The maximum Gasteiger partial charge on any atom is 0.416 e. The number of alkyl halides is 12. The van der Waals surface area contributed by atoms with Crippen molar-refractivity contribution in [3.05, 3.63) is 131 Å². The molecule has 0 aliphatic heterocycles. The van der Waals surface area contributed by atoms with Gasteiger partial charge in [0.25, 0.3) is 0 Å². The Morgan fingerprint density at radius 3 is 0.717 bits per heavy atom. The number of hydrogen-bond acceptors (Lipinski definition) is 0. The van der Waals surface area contributed by atoms with Crippen LogP contribution in [0.15, 0.2) is 109 Å². The number of hydrogen-bond donors (Lipinski definition) is 0. The lowest BCUT2D eigenvalue weighted by Crippen LogP contribution is -2.11. The molecule has 0 atom stereocenters. The molecule has 0 saturated carbocycles. The van der Waals surface area contributed by atoms with Crippen molar-refractivity contribution in [3.63, 3.8) is 0 Å². The minimum Gasteiger partial charge on any atom is -0.166 e. The Hall–Kier alpha value is -4.74. The summed E-state index contributed by atoms with van der Waals surface area (Å²) in [5, 5.41) is 0. The Kier molecular flexibility index (Phi) is 8.21. The first-order valence-corrected chi connectivity index (χ1v) is 13.2. The van der Waals surface area contributed by atoms with Crippen LogP contribution >= 0.6 is 0 Å². The van der Waals surface area contributed by atoms with Crippen LogP contribution in [-0.4, -0.2) is 0 Å². The van der Waals surface area contributed by atoms with Crippen molar-refractivity contribution >= 4 is 0 Å². The third-order valence-electron chi connectivity index (χ3n) is 7.14. The lowest BCUT2D eigenvalue weighted by atomic mass is 9.94. The van der Waals surface area contributed by atoms with Crippen LogP contribution in [-0.2, 0) is 24.7 Å². The predicted molar refractivity (Wildman–Crippen MR) is 148 cm³/mol. The van der Waals surface area contributed by atoms with Crippen molar-refractivity contribution in [2.45, 2.75) is 24.7 Å². The van der Waals surface area contributed by atoms with Crippen molar-refractivity contribution in [1.29, 1.82) is 0 Å². The minimum absolute atomic E-state index is 0.0509.